The molecule has 16 heavy (non-hydrogen) atoms. The van der Waals surface area contributed by atoms with Crippen molar-refractivity contribution in [1.82, 2.24) is 0 Å². The van der Waals surface area contributed by atoms with E-state index in [2.05, 4.69) is 25.7 Å². The van der Waals surface area contributed by atoms with Crippen LogP contribution in [0.1, 0.15) is 26.7 Å². The molecule has 0 saturated heterocycles. The Kier molecular flexibility index (Phi) is 9.33. The molecule has 0 aliphatic rings. The van der Waals surface area contributed by atoms with Gasteiger partial charge in [-0.3, -0.25) is 0 Å². The Labute approximate surface area is 99.7 Å². The van der Waals surface area contributed by atoms with Crippen molar-refractivity contribution in [1.29, 1.82) is 0 Å². The fraction of sp³-hybridized carbons (Fsp3) is 0.333. The lowest BCUT2D eigenvalue weighted by atomic mass is 10.0. The number of allylic oxidation sites excluding steroid dienone is 7. The zero-order chi connectivity index (χ0) is 12.2. The molecule has 0 aromatic heterocycles. The molecule has 0 rings (SSSR count). The lowest BCUT2D eigenvalue weighted by Crippen LogP contribution is -2.21. The molecule has 0 heterocycles. The molecule has 1 nitrogen and oxygen atoms in total. The fourth-order valence-corrected chi connectivity index (χ4v) is 1.32. The van der Waals surface area contributed by atoms with E-state index in [9.17, 15) is 0 Å². The quantitative estimate of drug-likeness (QED) is 0.643. The normalized spacial score (nSPS) is 15.3. The van der Waals surface area contributed by atoms with Crippen LogP contribution in [0, 0.1) is 0 Å². The summed E-state index contributed by atoms with van der Waals surface area (Å²) in [6.07, 6.45) is 17.8. The summed E-state index contributed by atoms with van der Waals surface area (Å²) in [5, 5.41) is 0. The average Bonchev–Trinajstić information content (AvgIpc) is 2.30. The van der Waals surface area contributed by atoms with Gasteiger partial charge in [0.25, 0.3) is 0 Å². The van der Waals surface area contributed by atoms with Gasteiger partial charge in [-0.1, -0.05) is 67.7 Å². The standard InChI is InChI=1S/C15H23N/c1-4-7-9-10-11-13-15(16)14(6-3)12-8-5-2/h4-5,7-12,15H,1,6,13,16H2,2-3H3/b8-5-,9-7-,11-10-,14-12+. The van der Waals surface area contributed by atoms with Crippen LogP contribution in [0.15, 0.2) is 60.8 Å². The highest BCUT2D eigenvalue weighted by Crippen LogP contribution is 2.09. The second-order valence-corrected chi connectivity index (χ2v) is 3.51. The summed E-state index contributed by atoms with van der Waals surface area (Å²) >= 11 is 0. The van der Waals surface area contributed by atoms with Gasteiger partial charge in [0.05, 0.1) is 0 Å². The van der Waals surface area contributed by atoms with Gasteiger partial charge in [0.2, 0.25) is 0 Å². The van der Waals surface area contributed by atoms with Crippen LogP contribution in [0.2, 0.25) is 0 Å². The Morgan fingerprint density at radius 3 is 2.56 bits per heavy atom. The molecule has 0 aromatic rings. The van der Waals surface area contributed by atoms with Crippen LogP contribution in [0.3, 0.4) is 0 Å². The summed E-state index contributed by atoms with van der Waals surface area (Å²) in [5.74, 6) is 0. The molecule has 0 bridgehead atoms. The number of hydrogen-bond donors (Lipinski definition) is 1. The third-order valence-electron chi connectivity index (χ3n) is 2.27. The summed E-state index contributed by atoms with van der Waals surface area (Å²) in [5.41, 5.74) is 7.37. The molecule has 0 radical (unpaired) electrons. The summed E-state index contributed by atoms with van der Waals surface area (Å²) in [6.45, 7) is 7.75. The van der Waals surface area contributed by atoms with E-state index in [1.54, 1.807) is 6.08 Å². The SMILES string of the molecule is C=C/C=C\C=C/CC(N)/C(=C/C=C\C)CC. The van der Waals surface area contributed by atoms with Crippen LogP contribution in [0.25, 0.3) is 0 Å². The third-order valence-corrected chi connectivity index (χ3v) is 2.27. The highest BCUT2D eigenvalue weighted by atomic mass is 14.6. The molecule has 1 heteroatoms. The van der Waals surface area contributed by atoms with E-state index in [4.69, 9.17) is 5.73 Å². The first-order chi connectivity index (χ1) is 7.76. The second-order valence-electron chi connectivity index (χ2n) is 3.51. The minimum atomic E-state index is 0.120. The lowest BCUT2D eigenvalue weighted by molar-refractivity contribution is 0.751. The van der Waals surface area contributed by atoms with Crippen molar-refractivity contribution in [2.24, 2.45) is 5.73 Å². The predicted octanol–water partition coefficient (Wildman–Crippen LogP) is 3.91. The van der Waals surface area contributed by atoms with Crippen molar-refractivity contribution < 1.29 is 0 Å². The van der Waals surface area contributed by atoms with Crippen LogP contribution in [-0.4, -0.2) is 6.04 Å². The zero-order valence-electron chi connectivity index (χ0n) is 10.4. The van der Waals surface area contributed by atoms with Crippen LogP contribution in [0.5, 0.6) is 0 Å². The molecule has 0 spiro atoms. The lowest BCUT2D eigenvalue weighted by Gasteiger charge is -2.11. The van der Waals surface area contributed by atoms with Gasteiger partial charge in [-0.2, -0.15) is 0 Å². The number of nitrogens with two attached hydrogens (primary N) is 1. The van der Waals surface area contributed by atoms with Gasteiger partial charge in [-0.15, -0.1) is 0 Å². The van der Waals surface area contributed by atoms with Crippen molar-refractivity contribution in [3.05, 3.63) is 60.8 Å². The summed E-state index contributed by atoms with van der Waals surface area (Å²) in [7, 11) is 0. The van der Waals surface area contributed by atoms with E-state index >= 15 is 0 Å². The number of hydrogen-bond acceptors (Lipinski definition) is 1. The van der Waals surface area contributed by atoms with Crippen LogP contribution >= 0.6 is 0 Å². The minimum absolute atomic E-state index is 0.120. The van der Waals surface area contributed by atoms with Crippen molar-refractivity contribution in [3.8, 4) is 0 Å². The van der Waals surface area contributed by atoms with Gasteiger partial charge in [-0.25, -0.2) is 0 Å². The fourth-order valence-electron chi connectivity index (χ4n) is 1.32. The highest BCUT2D eigenvalue weighted by molar-refractivity contribution is 5.19. The van der Waals surface area contributed by atoms with Crippen LogP contribution < -0.4 is 5.73 Å². The molecule has 0 fully saturated rings. The molecular weight excluding hydrogens is 194 g/mol. The molecule has 0 saturated carbocycles. The first-order valence-electron chi connectivity index (χ1n) is 5.77. The van der Waals surface area contributed by atoms with Gasteiger partial charge in [-0.05, 0) is 19.8 Å². The van der Waals surface area contributed by atoms with E-state index < -0.39 is 0 Å². The maximum absolute atomic E-state index is 6.09. The molecule has 1 unspecified atom stereocenters. The molecule has 88 valence electrons. The highest BCUT2D eigenvalue weighted by Gasteiger charge is 2.03. The van der Waals surface area contributed by atoms with Crippen molar-refractivity contribution in [3.63, 3.8) is 0 Å². The van der Waals surface area contributed by atoms with Crippen molar-refractivity contribution in [2.45, 2.75) is 32.7 Å². The average molecular weight is 217 g/mol. The van der Waals surface area contributed by atoms with Gasteiger partial charge < -0.3 is 5.73 Å². The van der Waals surface area contributed by atoms with Gasteiger partial charge in [0, 0.05) is 6.04 Å². The van der Waals surface area contributed by atoms with Gasteiger partial charge in [0.1, 0.15) is 0 Å². The maximum atomic E-state index is 6.09. The Balaban J connectivity index is 4.21. The minimum Gasteiger partial charge on any atom is -0.324 e. The van der Waals surface area contributed by atoms with E-state index in [-0.39, 0.29) is 6.04 Å². The van der Waals surface area contributed by atoms with Crippen molar-refractivity contribution in [2.75, 3.05) is 0 Å². The molecule has 0 aliphatic carbocycles. The van der Waals surface area contributed by atoms with E-state index in [1.807, 2.05) is 37.3 Å². The van der Waals surface area contributed by atoms with Crippen molar-refractivity contribution >= 4 is 0 Å². The molecular formula is C15H23N. The predicted molar refractivity (Wildman–Crippen MR) is 74.3 cm³/mol. The van der Waals surface area contributed by atoms with E-state index in [0.29, 0.717) is 0 Å². The largest absolute Gasteiger partial charge is 0.324 e. The molecule has 0 aromatic carbocycles. The zero-order valence-corrected chi connectivity index (χ0v) is 10.4. The smallest absolute Gasteiger partial charge is 0.0291 e. The molecule has 2 N–H and O–H groups in total. The Hall–Kier alpha value is -1.34. The van der Waals surface area contributed by atoms with Crippen LogP contribution in [-0.2, 0) is 0 Å². The second kappa shape index (κ2) is 10.2. The Morgan fingerprint density at radius 1 is 1.25 bits per heavy atom. The third kappa shape index (κ3) is 7.02. The molecule has 1 atom stereocenters. The topological polar surface area (TPSA) is 26.0 Å². The Bertz CT molecular complexity index is 293. The summed E-state index contributed by atoms with van der Waals surface area (Å²) in [6, 6.07) is 0.120. The first-order valence-corrected chi connectivity index (χ1v) is 5.77. The first kappa shape index (κ1) is 14.7. The van der Waals surface area contributed by atoms with Crippen LogP contribution in [0.4, 0.5) is 0 Å². The Morgan fingerprint density at radius 2 is 2.00 bits per heavy atom. The molecule has 0 amide bonds. The van der Waals surface area contributed by atoms with Gasteiger partial charge >= 0.3 is 0 Å². The number of rotatable bonds is 7. The maximum Gasteiger partial charge on any atom is 0.0291 e. The monoisotopic (exact) mass is 217 g/mol. The molecule has 0 aliphatic heterocycles. The van der Waals surface area contributed by atoms with E-state index in [1.165, 1.54) is 5.57 Å². The summed E-state index contributed by atoms with van der Waals surface area (Å²) in [4.78, 5) is 0. The summed E-state index contributed by atoms with van der Waals surface area (Å²) < 4.78 is 0. The van der Waals surface area contributed by atoms with E-state index in [0.717, 1.165) is 12.8 Å². The van der Waals surface area contributed by atoms with Gasteiger partial charge in [0.15, 0.2) is 0 Å².